The first-order chi connectivity index (χ1) is 13.8. The first-order valence-electron chi connectivity index (χ1n) is 9.58. The molecule has 0 amide bonds. The minimum atomic E-state index is 0.848. The zero-order chi connectivity index (χ0) is 19.2. The summed E-state index contributed by atoms with van der Waals surface area (Å²) in [6, 6.07) is 29.1. The van der Waals surface area contributed by atoms with Crippen molar-refractivity contribution in [2.75, 3.05) is 13.6 Å². The van der Waals surface area contributed by atoms with Gasteiger partial charge < -0.3 is 9.32 Å². The minimum absolute atomic E-state index is 0.848. The molecule has 138 valence electrons. The first kappa shape index (κ1) is 18.1. The fourth-order valence-electron chi connectivity index (χ4n) is 3.32. The fraction of sp³-hybridized carbons (Fsp3) is 0.154. The van der Waals surface area contributed by atoms with Gasteiger partial charge in [-0.05, 0) is 42.3 Å². The molecule has 0 atom stereocenters. The predicted octanol–water partition coefficient (Wildman–Crippen LogP) is 6.24. The maximum absolute atomic E-state index is 5.58. The highest BCUT2D eigenvalue weighted by molar-refractivity contribution is 5.78. The summed E-state index contributed by atoms with van der Waals surface area (Å²) in [7, 11) is 2.13. The Morgan fingerprint density at radius 2 is 1.75 bits per heavy atom. The van der Waals surface area contributed by atoms with Crippen LogP contribution in [0.15, 0.2) is 83.5 Å². The largest absolute Gasteiger partial charge is 0.463 e. The van der Waals surface area contributed by atoms with Gasteiger partial charge in [-0.1, -0.05) is 78.9 Å². The van der Waals surface area contributed by atoms with E-state index in [2.05, 4.69) is 84.8 Å². The monoisotopic (exact) mass is 365 g/mol. The van der Waals surface area contributed by atoms with Crippen molar-refractivity contribution in [3.8, 4) is 11.1 Å². The van der Waals surface area contributed by atoms with Crippen LogP contribution >= 0.6 is 0 Å². The summed E-state index contributed by atoms with van der Waals surface area (Å²) in [6.45, 7) is 1.84. The Balaban J connectivity index is 1.29. The molecular formula is C26H23NO. The van der Waals surface area contributed by atoms with Crippen molar-refractivity contribution in [2.45, 2.75) is 13.0 Å². The maximum atomic E-state index is 5.58. The maximum Gasteiger partial charge on any atom is 0.143 e. The molecule has 3 aromatic carbocycles. The molecule has 0 unspecified atom stereocenters. The van der Waals surface area contributed by atoms with Crippen LogP contribution in [0.2, 0.25) is 0 Å². The Bertz CT molecular complexity index is 1040. The highest BCUT2D eigenvalue weighted by Crippen LogP contribution is 2.21. The third-order valence-corrected chi connectivity index (χ3v) is 4.86. The second-order valence-corrected chi connectivity index (χ2v) is 7.02. The van der Waals surface area contributed by atoms with Gasteiger partial charge in [0.05, 0.1) is 11.6 Å². The van der Waals surface area contributed by atoms with Gasteiger partial charge in [0.2, 0.25) is 0 Å². The van der Waals surface area contributed by atoms with Crippen molar-refractivity contribution in [3.05, 3.63) is 102 Å². The van der Waals surface area contributed by atoms with Gasteiger partial charge in [0.25, 0.3) is 0 Å². The number of hydrogen-bond acceptors (Lipinski definition) is 2. The molecule has 0 radical (unpaired) electrons. The van der Waals surface area contributed by atoms with Crippen LogP contribution in [0.4, 0.5) is 0 Å². The van der Waals surface area contributed by atoms with Gasteiger partial charge in [0.15, 0.2) is 0 Å². The van der Waals surface area contributed by atoms with E-state index in [0.717, 1.165) is 36.0 Å². The molecule has 1 heterocycles. The van der Waals surface area contributed by atoms with E-state index in [1.807, 2.05) is 24.5 Å². The van der Waals surface area contributed by atoms with E-state index >= 15 is 0 Å². The van der Waals surface area contributed by atoms with Crippen LogP contribution in [-0.4, -0.2) is 18.5 Å². The van der Waals surface area contributed by atoms with Gasteiger partial charge in [-0.2, -0.15) is 0 Å². The van der Waals surface area contributed by atoms with E-state index in [9.17, 15) is 0 Å². The highest BCUT2D eigenvalue weighted by atomic mass is 16.3. The topological polar surface area (TPSA) is 16.4 Å². The normalized spacial score (nSPS) is 11.4. The number of nitrogens with zero attached hydrogens (tertiary/aromatic N) is 1. The molecule has 0 aliphatic carbocycles. The molecule has 1 aromatic heterocycles. The van der Waals surface area contributed by atoms with Crippen LogP contribution in [-0.2, 0) is 6.54 Å². The molecule has 0 bridgehead atoms. The Morgan fingerprint density at radius 1 is 0.964 bits per heavy atom. The van der Waals surface area contributed by atoms with Crippen molar-refractivity contribution < 1.29 is 4.42 Å². The van der Waals surface area contributed by atoms with Crippen molar-refractivity contribution in [1.29, 1.82) is 0 Å². The lowest BCUT2D eigenvalue weighted by Gasteiger charge is -2.14. The Hall–Kier alpha value is -3.28. The summed E-state index contributed by atoms with van der Waals surface area (Å²) in [6.07, 6.45) is 7.26. The van der Waals surface area contributed by atoms with E-state index < -0.39 is 0 Å². The molecule has 2 nitrogen and oxygen atoms in total. The summed E-state index contributed by atoms with van der Waals surface area (Å²) in [5.41, 5.74) is 5.77. The zero-order valence-electron chi connectivity index (χ0n) is 16.1. The molecule has 0 aliphatic rings. The molecule has 0 spiro atoms. The fourth-order valence-corrected chi connectivity index (χ4v) is 3.32. The number of furan rings is 1. The Kier molecular flexibility index (Phi) is 5.56. The van der Waals surface area contributed by atoms with E-state index in [4.69, 9.17) is 4.42 Å². The third-order valence-electron chi connectivity index (χ3n) is 4.86. The summed E-state index contributed by atoms with van der Waals surface area (Å²) in [5, 5.41) is 1.03. The van der Waals surface area contributed by atoms with Crippen molar-refractivity contribution in [2.24, 2.45) is 0 Å². The van der Waals surface area contributed by atoms with E-state index in [-0.39, 0.29) is 0 Å². The zero-order valence-corrected chi connectivity index (χ0v) is 16.1. The minimum Gasteiger partial charge on any atom is -0.463 e. The Labute approximate surface area is 166 Å². The van der Waals surface area contributed by atoms with Crippen LogP contribution in [0.5, 0.6) is 0 Å². The van der Waals surface area contributed by atoms with Crippen LogP contribution in [0.3, 0.4) is 0 Å². The summed E-state index contributed by atoms with van der Waals surface area (Å²) in [5.74, 6) is 0. The van der Waals surface area contributed by atoms with Gasteiger partial charge in [0.1, 0.15) is 5.58 Å². The molecule has 4 rings (SSSR count). The summed E-state index contributed by atoms with van der Waals surface area (Å²) < 4.78 is 5.58. The Morgan fingerprint density at radius 3 is 2.57 bits per heavy atom. The van der Waals surface area contributed by atoms with Crippen LogP contribution in [0.25, 0.3) is 28.2 Å². The van der Waals surface area contributed by atoms with Crippen LogP contribution < -0.4 is 0 Å². The van der Waals surface area contributed by atoms with Gasteiger partial charge in [-0.3, -0.25) is 0 Å². The predicted molar refractivity (Wildman–Crippen MR) is 116 cm³/mol. The van der Waals surface area contributed by atoms with Crippen molar-refractivity contribution in [1.82, 2.24) is 4.90 Å². The van der Waals surface area contributed by atoms with E-state index in [1.165, 1.54) is 16.7 Å². The lowest BCUT2D eigenvalue weighted by molar-refractivity contribution is 0.333. The van der Waals surface area contributed by atoms with Gasteiger partial charge in [-0.15, -0.1) is 0 Å². The molecule has 28 heavy (non-hydrogen) atoms. The van der Waals surface area contributed by atoms with Gasteiger partial charge in [0, 0.05) is 18.7 Å². The summed E-state index contributed by atoms with van der Waals surface area (Å²) in [4.78, 5) is 2.30. The second-order valence-electron chi connectivity index (χ2n) is 7.02. The highest BCUT2D eigenvalue weighted by Gasteiger charge is 2.07. The number of rotatable bonds is 7. The molecule has 4 aromatic rings. The van der Waals surface area contributed by atoms with Gasteiger partial charge in [-0.25, -0.2) is 0 Å². The average molecular weight is 365 g/mol. The lowest BCUT2D eigenvalue weighted by Crippen LogP contribution is -2.18. The standard InChI is InChI=1S/C26H23NO/c1-27(19-24-20-28-26-13-6-5-12-25(24)26)18-8-7-9-21-14-16-23(17-15-21)22-10-3-2-4-11-22/h2-4,6-7,9-11,13-17,20H,8,18-19H2,1H3/b9-7+. The van der Waals surface area contributed by atoms with Crippen molar-refractivity contribution >= 4 is 17.0 Å². The van der Waals surface area contributed by atoms with Gasteiger partial charge >= 0.3 is 0 Å². The third kappa shape index (κ3) is 4.34. The molecule has 2 heteroatoms. The van der Waals surface area contributed by atoms with Crippen LogP contribution in [0.1, 0.15) is 17.5 Å². The number of hydrogen-bond donors (Lipinski definition) is 0. The SMILES string of the molecule is CN(CC/C=C/c1ccc(-c2ccccc2)cc1)Cc1coc2ccc#cc12. The van der Waals surface area contributed by atoms with Crippen molar-refractivity contribution in [3.63, 3.8) is 0 Å². The second kappa shape index (κ2) is 8.61. The number of fused-ring (bicyclic) bond motifs is 1. The summed E-state index contributed by atoms with van der Waals surface area (Å²) >= 11 is 0. The molecule has 0 N–H and O–H groups in total. The van der Waals surface area contributed by atoms with E-state index in [1.54, 1.807) is 0 Å². The quantitative estimate of drug-likeness (QED) is 0.386. The molecule has 0 fully saturated rings. The molecular weight excluding hydrogens is 342 g/mol. The molecule has 0 aliphatic heterocycles. The number of benzene rings is 2. The first-order valence-corrected chi connectivity index (χ1v) is 9.58. The van der Waals surface area contributed by atoms with Crippen LogP contribution in [0, 0.1) is 12.1 Å². The van der Waals surface area contributed by atoms with E-state index in [0.29, 0.717) is 0 Å². The smallest absolute Gasteiger partial charge is 0.143 e. The lowest BCUT2D eigenvalue weighted by atomic mass is 10.0. The average Bonchev–Trinajstić information content (AvgIpc) is 3.15. The molecule has 0 saturated carbocycles. The molecule has 0 saturated heterocycles.